The maximum Gasteiger partial charge on any atom is 0.336 e. The van der Waals surface area contributed by atoms with Gasteiger partial charge >= 0.3 is 5.97 Å². The SMILES string of the molecule is Cc1cccc(Oc2ncc(Cl)cc2C(=O)N[C@@H](C)c2ccccc2C(=O)O)c1. The van der Waals surface area contributed by atoms with E-state index in [1.807, 2.05) is 25.1 Å². The third kappa shape index (κ3) is 4.92. The first-order chi connectivity index (χ1) is 13.8. The Hall–Kier alpha value is -3.38. The molecule has 3 rings (SSSR count). The molecule has 7 heteroatoms. The Kier molecular flexibility index (Phi) is 6.14. The van der Waals surface area contributed by atoms with Crippen LogP contribution in [-0.2, 0) is 0 Å². The lowest BCUT2D eigenvalue weighted by Gasteiger charge is -2.17. The minimum atomic E-state index is -1.06. The smallest absolute Gasteiger partial charge is 0.336 e. The van der Waals surface area contributed by atoms with E-state index in [0.717, 1.165) is 5.56 Å². The number of carbonyl (C=O) groups is 2. The average molecular weight is 411 g/mol. The Balaban J connectivity index is 1.87. The fourth-order valence-electron chi connectivity index (χ4n) is 2.88. The first-order valence-corrected chi connectivity index (χ1v) is 9.26. The minimum Gasteiger partial charge on any atom is -0.478 e. The quantitative estimate of drug-likeness (QED) is 0.595. The van der Waals surface area contributed by atoms with Gasteiger partial charge < -0.3 is 15.2 Å². The summed E-state index contributed by atoms with van der Waals surface area (Å²) in [6.07, 6.45) is 1.40. The van der Waals surface area contributed by atoms with E-state index in [1.165, 1.54) is 18.3 Å². The number of nitrogens with zero attached hydrogens (tertiary/aromatic N) is 1. The highest BCUT2D eigenvalue weighted by atomic mass is 35.5. The summed E-state index contributed by atoms with van der Waals surface area (Å²) in [5.74, 6) is -0.890. The van der Waals surface area contributed by atoms with Crippen LogP contribution in [0, 0.1) is 6.92 Å². The predicted octanol–water partition coefficient (Wildman–Crippen LogP) is 5.02. The summed E-state index contributed by atoms with van der Waals surface area (Å²) in [5, 5.41) is 12.4. The van der Waals surface area contributed by atoms with E-state index in [9.17, 15) is 14.7 Å². The maximum atomic E-state index is 12.9. The second-order valence-electron chi connectivity index (χ2n) is 6.51. The van der Waals surface area contributed by atoms with Crippen LogP contribution in [-0.4, -0.2) is 22.0 Å². The largest absolute Gasteiger partial charge is 0.478 e. The Labute approximate surface area is 173 Å². The van der Waals surface area contributed by atoms with Crippen molar-refractivity contribution in [3.8, 4) is 11.6 Å². The average Bonchev–Trinajstić information content (AvgIpc) is 2.69. The number of carboxylic acid groups (broad SMARTS) is 1. The second-order valence-corrected chi connectivity index (χ2v) is 6.95. The fraction of sp³-hybridized carbons (Fsp3) is 0.136. The summed E-state index contributed by atoms with van der Waals surface area (Å²) in [6, 6.07) is 14.8. The summed E-state index contributed by atoms with van der Waals surface area (Å²) < 4.78 is 5.79. The molecule has 1 heterocycles. The lowest BCUT2D eigenvalue weighted by molar-refractivity contribution is 0.0693. The van der Waals surface area contributed by atoms with E-state index in [1.54, 1.807) is 31.2 Å². The number of nitrogens with one attached hydrogen (secondary N) is 1. The summed E-state index contributed by atoms with van der Waals surface area (Å²) in [7, 11) is 0. The molecule has 0 saturated carbocycles. The topological polar surface area (TPSA) is 88.5 Å². The van der Waals surface area contributed by atoms with Gasteiger partial charge in [-0.2, -0.15) is 0 Å². The van der Waals surface area contributed by atoms with Gasteiger partial charge in [0, 0.05) is 6.20 Å². The molecule has 2 aromatic carbocycles. The van der Waals surface area contributed by atoms with Crippen LogP contribution in [0.1, 0.15) is 44.8 Å². The number of amides is 1. The molecule has 0 bridgehead atoms. The normalized spacial score (nSPS) is 11.6. The molecule has 0 spiro atoms. The van der Waals surface area contributed by atoms with Crippen LogP contribution in [0.2, 0.25) is 5.02 Å². The van der Waals surface area contributed by atoms with E-state index in [-0.39, 0.29) is 22.0 Å². The van der Waals surface area contributed by atoms with Crippen molar-refractivity contribution < 1.29 is 19.4 Å². The zero-order chi connectivity index (χ0) is 21.0. The molecule has 2 N–H and O–H groups in total. The van der Waals surface area contributed by atoms with Crippen molar-refractivity contribution in [2.45, 2.75) is 19.9 Å². The summed E-state index contributed by atoms with van der Waals surface area (Å²) in [5.41, 5.74) is 1.77. The lowest BCUT2D eigenvalue weighted by Crippen LogP contribution is -2.28. The molecule has 0 aliphatic rings. The lowest BCUT2D eigenvalue weighted by atomic mass is 10.0. The standard InChI is InChI=1S/C22H19ClN2O4/c1-13-6-5-7-16(10-13)29-21-19(11-15(23)12-24-21)20(26)25-14(2)17-8-3-4-9-18(17)22(27)28/h3-12,14H,1-2H3,(H,25,26)(H,27,28)/t14-/m0/s1. The van der Waals surface area contributed by atoms with Gasteiger partial charge in [-0.15, -0.1) is 0 Å². The minimum absolute atomic E-state index is 0.108. The Bertz CT molecular complexity index is 1070. The Morgan fingerprint density at radius 2 is 1.86 bits per heavy atom. The summed E-state index contributed by atoms with van der Waals surface area (Å²) in [4.78, 5) is 28.5. The van der Waals surface area contributed by atoms with Crippen LogP contribution >= 0.6 is 11.6 Å². The van der Waals surface area contributed by atoms with Crippen molar-refractivity contribution in [1.29, 1.82) is 0 Å². The van der Waals surface area contributed by atoms with Gasteiger partial charge in [0.05, 0.1) is 16.6 Å². The molecule has 0 aliphatic carbocycles. The summed E-state index contributed by atoms with van der Waals surface area (Å²) in [6.45, 7) is 3.64. The molecule has 3 aromatic rings. The molecule has 1 amide bonds. The molecule has 148 valence electrons. The summed E-state index contributed by atoms with van der Waals surface area (Å²) >= 11 is 6.03. The van der Waals surface area contributed by atoms with E-state index >= 15 is 0 Å². The van der Waals surface area contributed by atoms with Crippen LogP contribution in [0.5, 0.6) is 11.6 Å². The molecule has 0 saturated heterocycles. The number of carbonyl (C=O) groups excluding carboxylic acids is 1. The van der Waals surface area contributed by atoms with Gasteiger partial charge in [-0.3, -0.25) is 4.79 Å². The molecule has 1 atom stereocenters. The van der Waals surface area contributed by atoms with E-state index in [0.29, 0.717) is 11.3 Å². The monoisotopic (exact) mass is 410 g/mol. The first kappa shape index (κ1) is 20.4. The molecule has 6 nitrogen and oxygen atoms in total. The van der Waals surface area contributed by atoms with Crippen molar-refractivity contribution in [3.05, 3.63) is 88.1 Å². The van der Waals surface area contributed by atoms with Crippen LogP contribution < -0.4 is 10.1 Å². The van der Waals surface area contributed by atoms with Gasteiger partial charge in [0.2, 0.25) is 5.88 Å². The second kappa shape index (κ2) is 8.75. The maximum absolute atomic E-state index is 12.9. The van der Waals surface area contributed by atoms with Crippen molar-refractivity contribution in [2.75, 3.05) is 0 Å². The highest BCUT2D eigenvalue weighted by molar-refractivity contribution is 6.30. The van der Waals surface area contributed by atoms with Gasteiger partial charge in [0.25, 0.3) is 5.91 Å². The highest BCUT2D eigenvalue weighted by Gasteiger charge is 2.21. The van der Waals surface area contributed by atoms with Crippen LogP contribution in [0.15, 0.2) is 60.8 Å². The Morgan fingerprint density at radius 1 is 1.10 bits per heavy atom. The predicted molar refractivity (Wildman–Crippen MR) is 110 cm³/mol. The van der Waals surface area contributed by atoms with E-state index in [4.69, 9.17) is 16.3 Å². The third-order valence-corrected chi connectivity index (χ3v) is 4.48. The number of aromatic carboxylic acids is 1. The molecule has 0 radical (unpaired) electrons. The van der Waals surface area contributed by atoms with Crippen molar-refractivity contribution >= 4 is 23.5 Å². The van der Waals surface area contributed by atoms with E-state index < -0.39 is 17.9 Å². The van der Waals surface area contributed by atoms with Crippen molar-refractivity contribution in [2.24, 2.45) is 0 Å². The van der Waals surface area contributed by atoms with Crippen molar-refractivity contribution in [3.63, 3.8) is 0 Å². The highest BCUT2D eigenvalue weighted by Crippen LogP contribution is 2.27. The molecular weight excluding hydrogens is 392 g/mol. The number of hydrogen-bond donors (Lipinski definition) is 2. The molecule has 1 aromatic heterocycles. The zero-order valence-electron chi connectivity index (χ0n) is 15.8. The number of ether oxygens (including phenoxy) is 1. The third-order valence-electron chi connectivity index (χ3n) is 4.27. The first-order valence-electron chi connectivity index (χ1n) is 8.88. The number of halogens is 1. The number of pyridine rings is 1. The van der Waals surface area contributed by atoms with Gasteiger partial charge in [0.1, 0.15) is 11.3 Å². The van der Waals surface area contributed by atoms with Crippen molar-refractivity contribution in [1.82, 2.24) is 10.3 Å². The number of aryl methyl sites for hydroxylation is 1. The molecule has 0 fully saturated rings. The van der Waals surface area contributed by atoms with Gasteiger partial charge in [-0.1, -0.05) is 41.9 Å². The van der Waals surface area contributed by atoms with Crippen LogP contribution in [0.3, 0.4) is 0 Å². The van der Waals surface area contributed by atoms with Crippen LogP contribution in [0.25, 0.3) is 0 Å². The molecule has 0 aliphatic heterocycles. The fourth-order valence-corrected chi connectivity index (χ4v) is 3.04. The number of carboxylic acids is 1. The van der Waals surface area contributed by atoms with Crippen LogP contribution in [0.4, 0.5) is 0 Å². The molecular formula is C22H19ClN2O4. The molecule has 29 heavy (non-hydrogen) atoms. The van der Waals surface area contributed by atoms with Gasteiger partial charge in [-0.05, 0) is 49.2 Å². The van der Waals surface area contributed by atoms with E-state index in [2.05, 4.69) is 10.3 Å². The number of rotatable bonds is 6. The number of aromatic nitrogens is 1. The number of hydrogen-bond acceptors (Lipinski definition) is 4. The van der Waals surface area contributed by atoms with Gasteiger partial charge in [0.15, 0.2) is 0 Å². The number of benzene rings is 2. The molecule has 0 unspecified atom stereocenters. The zero-order valence-corrected chi connectivity index (χ0v) is 16.6. The van der Waals surface area contributed by atoms with Gasteiger partial charge in [-0.25, -0.2) is 9.78 Å². The Morgan fingerprint density at radius 3 is 2.59 bits per heavy atom.